The van der Waals surface area contributed by atoms with Crippen molar-refractivity contribution in [1.29, 1.82) is 0 Å². The molecule has 1 unspecified atom stereocenters. The number of carbonyl (C=O) groups excluding carboxylic acids is 3. The van der Waals surface area contributed by atoms with Gasteiger partial charge in [0, 0.05) is 20.5 Å². The number of aliphatic imine (C=N–C) groups is 1. The summed E-state index contributed by atoms with van der Waals surface area (Å²) in [4.78, 5) is 39.9. The fourth-order valence-electron chi connectivity index (χ4n) is 1.77. The van der Waals surface area contributed by atoms with Crippen molar-refractivity contribution in [2.45, 2.75) is 25.8 Å². The molecule has 1 aliphatic heterocycles. The zero-order valence-corrected chi connectivity index (χ0v) is 10.8. The molecule has 3 amide bonds. The molecule has 6 nitrogen and oxygen atoms in total. The van der Waals surface area contributed by atoms with Gasteiger partial charge in [-0.3, -0.25) is 24.7 Å². The number of carbonyl (C=O) groups is 3. The first-order valence-electron chi connectivity index (χ1n) is 5.71. The molecule has 0 aliphatic carbocycles. The average molecular weight is 251 g/mol. The highest BCUT2D eigenvalue weighted by atomic mass is 16.2. The van der Waals surface area contributed by atoms with E-state index in [4.69, 9.17) is 0 Å². The second-order valence-electron chi connectivity index (χ2n) is 3.99. The summed E-state index contributed by atoms with van der Waals surface area (Å²) in [7, 11) is 3.06. The van der Waals surface area contributed by atoms with Gasteiger partial charge in [0.2, 0.25) is 11.8 Å². The molecule has 0 aromatic rings. The van der Waals surface area contributed by atoms with E-state index in [1.54, 1.807) is 19.1 Å². The van der Waals surface area contributed by atoms with Gasteiger partial charge < -0.3 is 4.90 Å². The number of likely N-dealkylation sites (N-methyl/N-ethyl adjacent to an activating group) is 1. The molecule has 1 N–H and O–H groups in total. The molecule has 98 valence electrons. The molecule has 0 saturated carbocycles. The molecule has 1 aliphatic rings. The Morgan fingerprint density at radius 3 is 2.67 bits per heavy atom. The third-order valence-electron chi connectivity index (χ3n) is 2.78. The maximum Gasteiger partial charge on any atom is 0.272 e. The van der Waals surface area contributed by atoms with E-state index in [0.29, 0.717) is 6.42 Å². The predicted octanol–water partition coefficient (Wildman–Crippen LogP) is -0.103. The fraction of sp³-hybridized carbons (Fsp3) is 0.500. The molecule has 1 rings (SSSR count). The highest BCUT2D eigenvalue weighted by Gasteiger charge is 2.32. The topological polar surface area (TPSA) is 78.8 Å². The van der Waals surface area contributed by atoms with E-state index in [2.05, 4.69) is 10.3 Å². The monoisotopic (exact) mass is 251 g/mol. The first-order chi connectivity index (χ1) is 8.51. The molecule has 1 atom stereocenters. The molecular formula is C12H17N3O3. The maximum atomic E-state index is 12.1. The molecule has 1 saturated heterocycles. The van der Waals surface area contributed by atoms with Crippen LogP contribution in [0.4, 0.5) is 0 Å². The lowest BCUT2D eigenvalue weighted by Crippen LogP contribution is -2.54. The van der Waals surface area contributed by atoms with Crippen LogP contribution in [-0.2, 0) is 14.4 Å². The molecule has 0 radical (unpaired) electrons. The molecule has 0 bridgehead atoms. The number of nitrogens with zero attached hydrogens (tertiary/aromatic N) is 2. The number of rotatable bonds is 3. The first kappa shape index (κ1) is 14.1. The molecule has 0 spiro atoms. The minimum absolute atomic E-state index is 0.246. The fourth-order valence-corrected chi connectivity index (χ4v) is 1.77. The molecule has 0 aromatic carbocycles. The number of hydrogen-bond acceptors (Lipinski definition) is 4. The van der Waals surface area contributed by atoms with E-state index in [-0.39, 0.29) is 23.9 Å². The van der Waals surface area contributed by atoms with E-state index in [1.165, 1.54) is 19.0 Å². The van der Waals surface area contributed by atoms with Gasteiger partial charge in [-0.05, 0) is 19.4 Å². The highest BCUT2D eigenvalue weighted by Crippen LogP contribution is 2.11. The zero-order chi connectivity index (χ0) is 13.7. The van der Waals surface area contributed by atoms with Crippen LogP contribution in [0.1, 0.15) is 19.8 Å². The Morgan fingerprint density at radius 2 is 2.17 bits per heavy atom. The van der Waals surface area contributed by atoms with Crippen LogP contribution in [0, 0.1) is 0 Å². The second-order valence-corrected chi connectivity index (χ2v) is 3.99. The highest BCUT2D eigenvalue weighted by molar-refractivity contribution is 6.43. The number of amides is 3. The summed E-state index contributed by atoms with van der Waals surface area (Å²) in [6.07, 6.45) is 3.89. The lowest BCUT2D eigenvalue weighted by molar-refractivity contribution is -0.141. The molecule has 18 heavy (non-hydrogen) atoms. The molecule has 6 heteroatoms. The standard InChI is InChI=1S/C12H17N3O3/c1-4-5-8(13-2)12(18)15(3)9-6-7-10(16)14-11(9)17/h4-5,9H,6-7H2,1-3H3,(H,14,16,17)/b5-4-,13-8?. The van der Waals surface area contributed by atoms with Crippen molar-refractivity contribution >= 4 is 23.4 Å². The van der Waals surface area contributed by atoms with Crippen LogP contribution in [0.15, 0.2) is 17.1 Å². The molecular weight excluding hydrogens is 234 g/mol. The normalized spacial score (nSPS) is 21.1. The zero-order valence-electron chi connectivity index (χ0n) is 10.8. The second kappa shape index (κ2) is 6.09. The lowest BCUT2D eigenvalue weighted by atomic mass is 10.0. The van der Waals surface area contributed by atoms with Gasteiger partial charge >= 0.3 is 0 Å². The van der Waals surface area contributed by atoms with Crippen LogP contribution in [0.5, 0.6) is 0 Å². The summed E-state index contributed by atoms with van der Waals surface area (Å²) < 4.78 is 0. The Labute approximate surface area is 106 Å². The van der Waals surface area contributed by atoms with Gasteiger partial charge in [0.1, 0.15) is 11.8 Å². The molecule has 1 fully saturated rings. The van der Waals surface area contributed by atoms with Crippen molar-refractivity contribution in [3.05, 3.63) is 12.2 Å². The summed E-state index contributed by atoms with van der Waals surface area (Å²) in [6.45, 7) is 1.78. The third-order valence-corrected chi connectivity index (χ3v) is 2.78. The van der Waals surface area contributed by atoms with E-state index in [9.17, 15) is 14.4 Å². The number of hydrogen-bond donors (Lipinski definition) is 1. The van der Waals surface area contributed by atoms with E-state index in [1.807, 2.05) is 0 Å². The van der Waals surface area contributed by atoms with Crippen LogP contribution < -0.4 is 5.32 Å². The Balaban J connectivity index is 2.81. The summed E-state index contributed by atoms with van der Waals surface area (Å²) >= 11 is 0. The quantitative estimate of drug-likeness (QED) is 0.562. The number of piperidine rings is 1. The van der Waals surface area contributed by atoms with E-state index >= 15 is 0 Å². The van der Waals surface area contributed by atoms with Gasteiger partial charge in [0.25, 0.3) is 5.91 Å². The van der Waals surface area contributed by atoms with Gasteiger partial charge in [0.15, 0.2) is 0 Å². The minimum Gasteiger partial charge on any atom is -0.328 e. The SMILES string of the molecule is C/C=C\C(=NC)C(=O)N(C)C1CCC(=O)NC1=O. The van der Waals surface area contributed by atoms with Crippen molar-refractivity contribution in [1.82, 2.24) is 10.2 Å². The van der Waals surface area contributed by atoms with Gasteiger partial charge in [0.05, 0.1) is 0 Å². The van der Waals surface area contributed by atoms with E-state index < -0.39 is 11.9 Å². The van der Waals surface area contributed by atoms with Crippen molar-refractivity contribution in [2.24, 2.45) is 4.99 Å². The van der Waals surface area contributed by atoms with Crippen molar-refractivity contribution in [3.63, 3.8) is 0 Å². The van der Waals surface area contributed by atoms with Crippen molar-refractivity contribution < 1.29 is 14.4 Å². The summed E-state index contributed by atoms with van der Waals surface area (Å²) in [5.41, 5.74) is 0.282. The Hall–Kier alpha value is -1.98. The van der Waals surface area contributed by atoms with Gasteiger partial charge in [-0.15, -0.1) is 0 Å². The minimum atomic E-state index is -0.614. The Morgan fingerprint density at radius 1 is 1.50 bits per heavy atom. The van der Waals surface area contributed by atoms with Crippen LogP contribution >= 0.6 is 0 Å². The Kier molecular flexibility index (Phi) is 4.76. The average Bonchev–Trinajstić information content (AvgIpc) is 2.34. The van der Waals surface area contributed by atoms with Gasteiger partial charge in [-0.25, -0.2) is 0 Å². The molecule has 1 heterocycles. The number of allylic oxidation sites excluding steroid dienone is 1. The summed E-state index contributed by atoms with van der Waals surface area (Å²) in [5, 5.41) is 2.22. The lowest BCUT2D eigenvalue weighted by Gasteiger charge is -2.29. The van der Waals surface area contributed by atoms with Crippen LogP contribution in [-0.4, -0.2) is 48.5 Å². The number of imide groups is 1. The summed E-state index contributed by atoms with van der Waals surface area (Å²) in [5.74, 6) is -1.06. The maximum absolute atomic E-state index is 12.1. The predicted molar refractivity (Wildman–Crippen MR) is 67.1 cm³/mol. The Bertz CT molecular complexity index is 426. The van der Waals surface area contributed by atoms with Crippen molar-refractivity contribution in [2.75, 3.05) is 14.1 Å². The smallest absolute Gasteiger partial charge is 0.272 e. The van der Waals surface area contributed by atoms with Gasteiger partial charge in [-0.1, -0.05) is 6.08 Å². The van der Waals surface area contributed by atoms with Crippen LogP contribution in [0.25, 0.3) is 0 Å². The largest absolute Gasteiger partial charge is 0.328 e. The third kappa shape index (κ3) is 3.03. The number of nitrogens with one attached hydrogen (secondary N) is 1. The van der Waals surface area contributed by atoms with Crippen molar-refractivity contribution in [3.8, 4) is 0 Å². The van der Waals surface area contributed by atoms with E-state index in [0.717, 1.165) is 0 Å². The molecule has 0 aromatic heterocycles. The van der Waals surface area contributed by atoms with Gasteiger partial charge in [-0.2, -0.15) is 0 Å². The van der Waals surface area contributed by atoms with Crippen LogP contribution in [0.2, 0.25) is 0 Å². The van der Waals surface area contributed by atoms with Crippen LogP contribution in [0.3, 0.4) is 0 Å². The summed E-state index contributed by atoms with van der Waals surface area (Å²) in [6, 6.07) is -0.614. The first-order valence-corrected chi connectivity index (χ1v) is 5.71.